The second-order valence-corrected chi connectivity index (χ2v) is 5.67. The number of nitrogens with zero attached hydrogens (tertiary/aromatic N) is 3. The van der Waals surface area contributed by atoms with Crippen LogP contribution in [0.15, 0.2) is 18.2 Å². The standard InChI is InChI=1S/C15H22N4/c1-18(2)14-5-4-12(10-13(14)17)15(11-16)6-8-19(3)9-7-15/h4-5,10H,6-9,17H2,1-3H3. The van der Waals surface area contributed by atoms with Crippen molar-refractivity contribution in [2.45, 2.75) is 18.3 Å². The average molecular weight is 258 g/mol. The van der Waals surface area contributed by atoms with Crippen LogP contribution in [0.25, 0.3) is 0 Å². The number of anilines is 2. The molecule has 0 bridgehead atoms. The number of rotatable bonds is 2. The highest BCUT2D eigenvalue weighted by atomic mass is 15.1. The summed E-state index contributed by atoms with van der Waals surface area (Å²) in [7, 11) is 6.05. The Hall–Kier alpha value is -1.73. The highest BCUT2D eigenvalue weighted by Crippen LogP contribution is 2.37. The van der Waals surface area contributed by atoms with Crippen LogP contribution in [0.5, 0.6) is 0 Å². The first-order valence-electron chi connectivity index (χ1n) is 6.66. The van der Waals surface area contributed by atoms with Crippen LogP contribution in [0.4, 0.5) is 11.4 Å². The van der Waals surface area contributed by atoms with E-state index in [1.807, 2.05) is 31.1 Å². The molecular formula is C15H22N4. The Morgan fingerprint density at radius 3 is 2.42 bits per heavy atom. The largest absolute Gasteiger partial charge is 0.397 e. The highest BCUT2D eigenvalue weighted by Gasteiger charge is 2.35. The predicted molar refractivity (Wildman–Crippen MR) is 79.2 cm³/mol. The third kappa shape index (κ3) is 2.52. The number of hydrogen-bond acceptors (Lipinski definition) is 4. The van der Waals surface area contributed by atoms with E-state index in [1.54, 1.807) is 0 Å². The zero-order valence-corrected chi connectivity index (χ0v) is 12.0. The van der Waals surface area contributed by atoms with Crippen molar-refractivity contribution in [1.82, 2.24) is 4.90 Å². The number of nitrogen functional groups attached to an aromatic ring is 1. The van der Waals surface area contributed by atoms with Gasteiger partial charge in [-0.1, -0.05) is 6.07 Å². The number of nitriles is 1. The Labute approximate surface area is 115 Å². The van der Waals surface area contributed by atoms with Crippen LogP contribution in [-0.4, -0.2) is 39.1 Å². The molecule has 2 N–H and O–H groups in total. The van der Waals surface area contributed by atoms with Gasteiger partial charge in [-0.15, -0.1) is 0 Å². The lowest BCUT2D eigenvalue weighted by molar-refractivity contribution is 0.222. The smallest absolute Gasteiger partial charge is 0.0847 e. The summed E-state index contributed by atoms with van der Waals surface area (Å²) in [5, 5.41) is 9.63. The monoisotopic (exact) mass is 258 g/mol. The molecule has 0 aliphatic carbocycles. The van der Waals surface area contributed by atoms with E-state index in [9.17, 15) is 5.26 Å². The molecule has 19 heavy (non-hydrogen) atoms. The van der Waals surface area contributed by atoms with E-state index in [-0.39, 0.29) is 5.41 Å². The molecule has 4 heteroatoms. The molecule has 1 fully saturated rings. The third-order valence-corrected chi connectivity index (χ3v) is 4.12. The van der Waals surface area contributed by atoms with Gasteiger partial charge in [-0.25, -0.2) is 0 Å². The van der Waals surface area contributed by atoms with Crippen molar-refractivity contribution in [2.75, 3.05) is 44.9 Å². The summed E-state index contributed by atoms with van der Waals surface area (Å²) in [6.07, 6.45) is 1.75. The van der Waals surface area contributed by atoms with Crippen molar-refractivity contribution in [2.24, 2.45) is 0 Å². The first-order valence-corrected chi connectivity index (χ1v) is 6.66. The fourth-order valence-electron chi connectivity index (χ4n) is 2.72. The fourth-order valence-corrected chi connectivity index (χ4v) is 2.72. The average Bonchev–Trinajstić information content (AvgIpc) is 2.39. The molecule has 0 radical (unpaired) electrons. The lowest BCUT2D eigenvalue weighted by atomic mass is 9.74. The topological polar surface area (TPSA) is 56.3 Å². The zero-order valence-electron chi connectivity index (χ0n) is 12.0. The van der Waals surface area contributed by atoms with Crippen LogP contribution in [0.2, 0.25) is 0 Å². The lowest BCUT2D eigenvalue weighted by Crippen LogP contribution is -2.40. The van der Waals surface area contributed by atoms with Gasteiger partial charge in [-0.05, 0) is 50.7 Å². The van der Waals surface area contributed by atoms with Gasteiger partial charge < -0.3 is 15.5 Å². The molecule has 1 aromatic carbocycles. The summed E-state index contributed by atoms with van der Waals surface area (Å²) < 4.78 is 0. The maximum Gasteiger partial charge on any atom is 0.0847 e. The molecule has 1 aliphatic heterocycles. The number of likely N-dealkylation sites (tertiary alicyclic amines) is 1. The predicted octanol–water partition coefficient (Wildman–Crippen LogP) is 1.82. The van der Waals surface area contributed by atoms with Crippen molar-refractivity contribution in [3.05, 3.63) is 23.8 Å². The van der Waals surface area contributed by atoms with Gasteiger partial charge in [0.05, 0.1) is 22.9 Å². The van der Waals surface area contributed by atoms with Gasteiger partial charge in [0.15, 0.2) is 0 Å². The third-order valence-electron chi connectivity index (χ3n) is 4.12. The Bertz CT molecular complexity index is 493. The normalized spacial score (nSPS) is 18.8. The molecular weight excluding hydrogens is 236 g/mol. The number of piperidine rings is 1. The Kier molecular flexibility index (Phi) is 3.68. The van der Waals surface area contributed by atoms with Gasteiger partial charge >= 0.3 is 0 Å². The molecule has 1 heterocycles. The first-order chi connectivity index (χ1) is 8.98. The van der Waals surface area contributed by atoms with Crippen LogP contribution in [0, 0.1) is 11.3 Å². The Morgan fingerprint density at radius 1 is 1.32 bits per heavy atom. The van der Waals surface area contributed by atoms with E-state index < -0.39 is 0 Å². The van der Waals surface area contributed by atoms with Gasteiger partial charge in [0.2, 0.25) is 0 Å². The van der Waals surface area contributed by atoms with Crippen LogP contribution >= 0.6 is 0 Å². The summed E-state index contributed by atoms with van der Waals surface area (Å²) in [6, 6.07) is 8.58. The second kappa shape index (κ2) is 5.10. The minimum absolute atomic E-state index is 0.370. The molecule has 102 valence electrons. The molecule has 0 unspecified atom stereocenters. The van der Waals surface area contributed by atoms with Crippen molar-refractivity contribution in [3.63, 3.8) is 0 Å². The molecule has 1 aromatic rings. The van der Waals surface area contributed by atoms with Crippen LogP contribution in [0.3, 0.4) is 0 Å². The lowest BCUT2D eigenvalue weighted by Gasteiger charge is -2.36. The number of nitrogens with two attached hydrogens (primary N) is 1. The molecule has 0 aromatic heterocycles. The van der Waals surface area contributed by atoms with E-state index >= 15 is 0 Å². The van der Waals surface area contributed by atoms with Gasteiger partial charge in [0.25, 0.3) is 0 Å². The van der Waals surface area contributed by atoms with E-state index in [0.717, 1.165) is 42.9 Å². The summed E-state index contributed by atoms with van der Waals surface area (Å²) >= 11 is 0. The SMILES string of the molecule is CN1CCC(C#N)(c2ccc(N(C)C)c(N)c2)CC1. The number of hydrogen-bond donors (Lipinski definition) is 1. The van der Waals surface area contributed by atoms with Gasteiger partial charge in [-0.2, -0.15) is 5.26 Å². The van der Waals surface area contributed by atoms with Gasteiger partial charge in [-0.3, -0.25) is 0 Å². The van der Waals surface area contributed by atoms with E-state index in [0.29, 0.717) is 0 Å². The van der Waals surface area contributed by atoms with Crippen LogP contribution < -0.4 is 10.6 Å². The summed E-state index contributed by atoms with van der Waals surface area (Å²) in [4.78, 5) is 4.26. The minimum Gasteiger partial charge on any atom is -0.397 e. The van der Waals surface area contributed by atoms with Crippen molar-refractivity contribution >= 4 is 11.4 Å². The van der Waals surface area contributed by atoms with Gasteiger partial charge in [0, 0.05) is 14.1 Å². The Balaban J connectivity index is 2.35. The fraction of sp³-hybridized carbons (Fsp3) is 0.533. The molecule has 0 atom stereocenters. The highest BCUT2D eigenvalue weighted by molar-refractivity contribution is 5.68. The Morgan fingerprint density at radius 2 is 1.95 bits per heavy atom. The molecule has 2 rings (SSSR count). The molecule has 4 nitrogen and oxygen atoms in total. The van der Waals surface area contributed by atoms with Gasteiger partial charge in [0.1, 0.15) is 0 Å². The van der Waals surface area contributed by atoms with Crippen molar-refractivity contribution in [1.29, 1.82) is 5.26 Å². The maximum atomic E-state index is 9.63. The van der Waals surface area contributed by atoms with E-state index in [4.69, 9.17) is 5.73 Å². The van der Waals surface area contributed by atoms with E-state index in [1.165, 1.54) is 0 Å². The first kappa shape index (κ1) is 13.7. The molecule has 0 amide bonds. The van der Waals surface area contributed by atoms with Crippen LogP contribution in [-0.2, 0) is 5.41 Å². The van der Waals surface area contributed by atoms with Crippen molar-refractivity contribution in [3.8, 4) is 6.07 Å². The molecule has 1 aliphatic rings. The number of benzene rings is 1. The summed E-state index contributed by atoms with van der Waals surface area (Å²) in [5.74, 6) is 0. The quantitative estimate of drug-likeness (QED) is 0.822. The maximum absolute atomic E-state index is 9.63. The van der Waals surface area contributed by atoms with Crippen LogP contribution in [0.1, 0.15) is 18.4 Å². The second-order valence-electron chi connectivity index (χ2n) is 5.67. The molecule has 1 saturated heterocycles. The van der Waals surface area contributed by atoms with E-state index in [2.05, 4.69) is 24.1 Å². The summed E-state index contributed by atoms with van der Waals surface area (Å²) in [5.41, 5.74) is 8.55. The summed E-state index contributed by atoms with van der Waals surface area (Å²) in [6.45, 7) is 1.92. The molecule has 0 saturated carbocycles. The zero-order chi connectivity index (χ0) is 14.0. The minimum atomic E-state index is -0.370. The molecule has 0 spiro atoms. The van der Waals surface area contributed by atoms with Crippen molar-refractivity contribution < 1.29 is 0 Å².